The van der Waals surface area contributed by atoms with Crippen LogP contribution in [-0.4, -0.2) is 92.1 Å². The van der Waals surface area contributed by atoms with Crippen molar-refractivity contribution in [3.05, 3.63) is 60.4 Å². The van der Waals surface area contributed by atoms with E-state index in [1.54, 1.807) is 30.3 Å². The summed E-state index contributed by atoms with van der Waals surface area (Å²) >= 11 is 0. The topological polar surface area (TPSA) is 141 Å². The minimum absolute atomic E-state index is 0.0806. The van der Waals surface area contributed by atoms with Crippen LogP contribution in [-0.2, 0) is 14.8 Å². The maximum atomic E-state index is 13.5. The summed E-state index contributed by atoms with van der Waals surface area (Å²) in [5, 5.41) is 17.4. The molecule has 45 heavy (non-hydrogen) atoms. The highest BCUT2D eigenvalue weighted by Crippen LogP contribution is 2.25. The molecule has 0 saturated carbocycles. The maximum Gasteiger partial charge on any atom is 0.287 e. The van der Waals surface area contributed by atoms with Gasteiger partial charge in [0.2, 0.25) is 15.9 Å². The number of hydrogen-bond acceptors (Lipinski definition) is 8. The van der Waals surface area contributed by atoms with Crippen LogP contribution >= 0.6 is 0 Å². The number of hydrogen-bond donors (Lipinski definition) is 3. The summed E-state index contributed by atoms with van der Waals surface area (Å²) in [7, 11) is -3.79. The van der Waals surface area contributed by atoms with Crippen LogP contribution in [0.25, 0.3) is 11.0 Å². The van der Waals surface area contributed by atoms with Gasteiger partial charge in [0.15, 0.2) is 5.76 Å². The number of rotatable bonds is 12. The average Bonchev–Trinajstić information content (AvgIpc) is 3.65. The number of aliphatic hydroxyl groups excluding tert-OH is 1. The molecule has 2 saturated heterocycles. The number of sulfonamides is 1. The van der Waals surface area contributed by atoms with Crippen molar-refractivity contribution in [2.24, 2.45) is 5.92 Å². The zero-order valence-corrected chi connectivity index (χ0v) is 26.8. The van der Waals surface area contributed by atoms with Gasteiger partial charge < -0.3 is 24.9 Å². The summed E-state index contributed by atoms with van der Waals surface area (Å²) in [5.41, 5.74) is 0.536. The zero-order chi connectivity index (χ0) is 32.0. The summed E-state index contributed by atoms with van der Waals surface area (Å²) in [6, 6.07) is 13.6. The second kappa shape index (κ2) is 14.8. The maximum absolute atomic E-state index is 13.5. The van der Waals surface area contributed by atoms with Crippen molar-refractivity contribution in [3.63, 3.8) is 0 Å². The first-order valence-corrected chi connectivity index (χ1v) is 17.3. The number of likely N-dealkylation sites (tertiary alicyclic amines) is 1. The van der Waals surface area contributed by atoms with Gasteiger partial charge in [0.05, 0.1) is 17.0 Å². The quantitative estimate of drug-likeness (QED) is 0.274. The fourth-order valence-electron chi connectivity index (χ4n) is 5.97. The van der Waals surface area contributed by atoms with Gasteiger partial charge in [0, 0.05) is 25.0 Å². The molecule has 2 aromatic carbocycles. The summed E-state index contributed by atoms with van der Waals surface area (Å²) in [6.45, 7) is 7.65. The Balaban J connectivity index is 1.20. The number of aliphatic hydroxyl groups is 1. The third kappa shape index (κ3) is 8.43. The Labute approximate surface area is 264 Å². The van der Waals surface area contributed by atoms with Gasteiger partial charge in [0.1, 0.15) is 24.0 Å². The van der Waals surface area contributed by atoms with Crippen LogP contribution in [0.15, 0.2) is 63.9 Å². The first-order valence-electron chi connectivity index (χ1n) is 15.8. The van der Waals surface area contributed by atoms with Crippen molar-refractivity contribution in [2.75, 3.05) is 39.3 Å². The van der Waals surface area contributed by atoms with Crippen LogP contribution < -0.4 is 15.4 Å². The third-order valence-electron chi connectivity index (χ3n) is 8.40. The van der Waals surface area contributed by atoms with Crippen LogP contribution in [0.5, 0.6) is 5.75 Å². The Morgan fingerprint density at radius 2 is 1.80 bits per heavy atom. The number of carbonyl (C=O) groups excluding carboxylic acids is 2. The number of nitrogens with one attached hydrogen (secondary N) is 2. The van der Waals surface area contributed by atoms with Crippen LogP contribution in [0.3, 0.4) is 0 Å². The van der Waals surface area contributed by atoms with Crippen molar-refractivity contribution >= 4 is 32.8 Å². The lowest BCUT2D eigenvalue weighted by molar-refractivity contribution is -0.125. The first kappa shape index (κ1) is 32.9. The minimum Gasteiger partial charge on any atom is -0.492 e. The van der Waals surface area contributed by atoms with E-state index >= 15 is 0 Å². The summed E-state index contributed by atoms with van der Waals surface area (Å²) in [5.74, 6) is -0.0986. The van der Waals surface area contributed by atoms with Crippen LogP contribution in [0.1, 0.15) is 56.5 Å². The lowest BCUT2D eigenvalue weighted by Crippen LogP contribution is -2.54. The fourth-order valence-corrected chi connectivity index (χ4v) is 7.49. The Morgan fingerprint density at radius 3 is 2.53 bits per heavy atom. The molecule has 244 valence electrons. The van der Waals surface area contributed by atoms with Gasteiger partial charge in [-0.3, -0.25) is 14.5 Å². The van der Waals surface area contributed by atoms with Crippen LogP contribution in [0, 0.1) is 5.92 Å². The van der Waals surface area contributed by atoms with E-state index in [0.717, 1.165) is 25.0 Å². The molecule has 3 aromatic rings. The number of furan rings is 1. The van der Waals surface area contributed by atoms with E-state index in [1.165, 1.54) is 29.3 Å². The third-order valence-corrected chi connectivity index (χ3v) is 10.3. The molecule has 3 N–H and O–H groups in total. The second-order valence-electron chi connectivity index (χ2n) is 12.4. The number of amides is 2. The Kier molecular flexibility index (Phi) is 10.8. The molecule has 0 radical (unpaired) electrons. The second-order valence-corrected chi connectivity index (χ2v) is 14.3. The molecule has 3 heterocycles. The van der Waals surface area contributed by atoms with E-state index < -0.39 is 40.0 Å². The standard InChI is InChI=1S/C33H44N4O7S/c1-23(2)19-28(32(39)34-27-11-8-16-37(22-29(27)38)45(41,42)26-9-4-3-5-10-26)35-33(40)31-21-24-20-25(12-13-30(24)44-31)43-18-17-36-14-6-7-15-36/h3-5,9-10,12-13,20-21,23,27-29,38H,6-8,11,14-19,22H2,1-2H3,(H,34,39)(H,35,40)/t27?,28-,29?/m0/s1. The summed E-state index contributed by atoms with van der Waals surface area (Å²) in [4.78, 5) is 29.3. The van der Waals surface area contributed by atoms with Gasteiger partial charge in [-0.25, -0.2) is 8.42 Å². The Hall–Kier alpha value is -3.45. The highest BCUT2D eigenvalue weighted by molar-refractivity contribution is 7.89. The van der Waals surface area contributed by atoms with E-state index in [2.05, 4.69) is 15.5 Å². The van der Waals surface area contributed by atoms with Gasteiger partial charge in [-0.15, -0.1) is 0 Å². The van der Waals surface area contributed by atoms with E-state index in [0.29, 0.717) is 37.2 Å². The van der Waals surface area contributed by atoms with Crippen LogP contribution in [0.4, 0.5) is 0 Å². The predicted octanol–water partition coefficient (Wildman–Crippen LogP) is 3.38. The molecule has 11 nitrogen and oxygen atoms in total. The molecule has 0 bridgehead atoms. The average molecular weight is 641 g/mol. The number of carbonyl (C=O) groups is 2. The van der Waals surface area contributed by atoms with Gasteiger partial charge in [-0.2, -0.15) is 4.31 Å². The lowest BCUT2D eigenvalue weighted by Gasteiger charge is -2.27. The number of β-amino-alcohol motifs (C(OH)–C–C–N with tert-alkyl or cyclic N) is 1. The highest BCUT2D eigenvalue weighted by Gasteiger charge is 2.35. The molecule has 1 aromatic heterocycles. The van der Waals surface area contributed by atoms with Gasteiger partial charge >= 0.3 is 0 Å². The fraction of sp³-hybridized carbons (Fsp3) is 0.515. The molecule has 0 aliphatic carbocycles. The number of fused-ring (bicyclic) bond motifs is 1. The number of benzene rings is 2. The molecule has 2 unspecified atom stereocenters. The molecule has 2 aliphatic heterocycles. The normalized spacial score (nSPS) is 20.6. The van der Waals surface area contributed by atoms with E-state index in [4.69, 9.17) is 9.15 Å². The summed E-state index contributed by atoms with van der Waals surface area (Å²) in [6.07, 6.45) is 2.56. The SMILES string of the molecule is CC(C)C[C@H](NC(=O)c1cc2cc(OCCN3CCCC3)ccc2o1)C(=O)NC1CCCN(S(=O)(=O)c2ccccc2)CC1O. The molecule has 2 aliphatic rings. The predicted molar refractivity (Wildman–Crippen MR) is 170 cm³/mol. The molecule has 2 amide bonds. The van der Waals surface area contributed by atoms with Crippen molar-refractivity contribution < 1.29 is 32.3 Å². The largest absolute Gasteiger partial charge is 0.492 e. The molecular weight excluding hydrogens is 596 g/mol. The van der Waals surface area contributed by atoms with Crippen molar-refractivity contribution in [2.45, 2.75) is 69.0 Å². The Morgan fingerprint density at radius 1 is 1.04 bits per heavy atom. The molecule has 2 fully saturated rings. The number of ether oxygens (including phenoxy) is 1. The van der Waals surface area contributed by atoms with Crippen molar-refractivity contribution in [1.29, 1.82) is 0 Å². The van der Waals surface area contributed by atoms with E-state index in [-0.39, 0.29) is 29.7 Å². The number of nitrogens with zero attached hydrogens (tertiary/aromatic N) is 2. The van der Waals surface area contributed by atoms with E-state index in [9.17, 15) is 23.1 Å². The minimum atomic E-state index is -3.79. The van der Waals surface area contributed by atoms with Crippen LogP contribution in [0.2, 0.25) is 0 Å². The molecule has 5 rings (SSSR count). The lowest BCUT2D eigenvalue weighted by atomic mass is 10.0. The zero-order valence-electron chi connectivity index (χ0n) is 26.0. The first-order chi connectivity index (χ1) is 21.6. The van der Waals surface area contributed by atoms with Crippen molar-refractivity contribution in [3.8, 4) is 5.75 Å². The smallest absolute Gasteiger partial charge is 0.287 e. The van der Waals surface area contributed by atoms with Gasteiger partial charge in [-0.05, 0) is 87.5 Å². The van der Waals surface area contributed by atoms with Gasteiger partial charge in [0.25, 0.3) is 5.91 Å². The highest BCUT2D eigenvalue weighted by atomic mass is 32.2. The molecule has 0 spiro atoms. The monoisotopic (exact) mass is 640 g/mol. The van der Waals surface area contributed by atoms with E-state index in [1.807, 2.05) is 26.0 Å². The molecular formula is C33H44N4O7S. The van der Waals surface area contributed by atoms with Crippen molar-refractivity contribution in [1.82, 2.24) is 19.8 Å². The summed E-state index contributed by atoms with van der Waals surface area (Å²) < 4.78 is 39.3. The van der Waals surface area contributed by atoms with Gasteiger partial charge in [-0.1, -0.05) is 32.0 Å². The molecule has 12 heteroatoms. The Bertz CT molecular complexity index is 1550. The molecule has 3 atom stereocenters.